The fourth-order valence-corrected chi connectivity index (χ4v) is 1.81. The number of amides is 2. The summed E-state index contributed by atoms with van der Waals surface area (Å²) < 4.78 is 0. The van der Waals surface area contributed by atoms with Crippen molar-refractivity contribution in [3.05, 3.63) is 29.8 Å². The summed E-state index contributed by atoms with van der Waals surface area (Å²) in [6.07, 6.45) is 0.307. The number of nitrogens with one attached hydrogen (secondary N) is 2. The summed E-state index contributed by atoms with van der Waals surface area (Å²) in [5.74, 6) is -0.782. The van der Waals surface area contributed by atoms with Gasteiger partial charge in [-0.25, -0.2) is 9.59 Å². The Morgan fingerprint density at radius 2 is 1.90 bits per heavy atom. The second-order valence-corrected chi connectivity index (χ2v) is 5.31. The van der Waals surface area contributed by atoms with Crippen LogP contribution in [0.25, 0.3) is 0 Å². The van der Waals surface area contributed by atoms with E-state index in [1.165, 1.54) is 6.92 Å². The first-order valence-corrected chi connectivity index (χ1v) is 6.71. The van der Waals surface area contributed by atoms with Crippen LogP contribution in [0.2, 0.25) is 0 Å². The van der Waals surface area contributed by atoms with E-state index < -0.39 is 17.5 Å². The van der Waals surface area contributed by atoms with Gasteiger partial charge >= 0.3 is 12.0 Å². The lowest BCUT2D eigenvalue weighted by Gasteiger charge is -2.25. The number of carbonyl (C=O) groups is 2. The van der Waals surface area contributed by atoms with Crippen molar-refractivity contribution in [2.24, 2.45) is 0 Å². The number of carboxylic acid groups (broad SMARTS) is 1. The lowest BCUT2D eigenvalue weighted by molar-refractivity contribution is -0.143. The van der Waals surface area contributed by atoms with Crippen LogP contribution in [0.5, 0.6) is 0 Å². The fourth-order valence-electron chi connectivity index (χ4n) is 1.81. The van der Waals surface area contributed by atoms with Crippen molar-refractivity contribution in [2.45, 2.75) is 45.6 Å². The molecule has 110 valence electrons. The number of carboxylic acids is 1. The van der Waals surface area contributed by atoms with Crippen LogP contribution in [0.3, 0.4) is 0 Å². The molecule has 1 unspecified atom stereocenters. The van der Waals surface area contributed by atoms with Crippen LogP contribution in [0.4, 0.5) is 10.5 Å². The van der Waals surface area contributed by atoms with Gasteiger partial charge < -0.3 is 15.7 Å². The first-order chi connectivity index (χ1) is 9.30. The first kappa shape index (κ1) is 16.0. The summed E-state index contributed by atoms with van der Waals surface area (Å²) in [6, 6.07) is 6.98. The highest BCUT2D eigenvalue weighted by molar-refractivity contribution is 5.94. The Labute approximate surface area is 119 Å². The Kier molecular flexibility index (Phi) is 5.13. The zero-order chi connectivity index (χ0) is 15.3. The second kappa shape index (κ2) is 6.41. The molecule has 3 N–H and O–H groups in total. The van der Waals surface area contributed by atoms with E-state index in [9.17, 15) is 9.59 Å². The molecule has 1 rings (SSSR count). The Hall–Kier alpha value is -2.04. The van der Waals surface area contributed by atoms with Gasteiger partial charge in [-0.1, -0.05) is 39.0 Å². The van der Waals surface area contributed by atoms with Crippen LogP contribution in [-0.4, -0.2) is 22.6 Å². The van der Waals surface area contributed by atoms with E-state index in [2.05, 4.69) is 10.6 Å². The second-order valence-electron chi connectivity index (χ2n) is 5.31. The van der Waals surface area contributed by atoms with E-state index in [-0.39, 0.29) is 5.92 Å². The predicted molar refractivity (Wildman–Crippen MR) is 79.0 cm³/mol. The SMILES string of the molecule is CCC(C)(NC(=O)Nc1ccccc1C(C)C)C(=O)O. The van der Waals surface area contributed by atoms with Gasteiger partial charge in [-0.15, -0.1) is 0 Å². The third-order valence-corrected chi connectivity index (χ3v) is 3.40. The minimum Gasteiger partial charge on any atom is -0.480 e. The van der Waals surface area contributed by atoms with Gasteiger partial charge in [-0.3, -0.25) is 0 Å². The number of benzene rings is 1. The number of carbonyl (C=O) groups excluding carboxylic acids is 1. The standard InChI is InChI=1S/C15H22N2O3/c1-5-15(4,13(18)19)17-14(20)16-12-9-7-6-8-11(12)10(2)3/h6-10H,5H2,1-4H3,(H,18,19)(H2,16,17,20). The topological polar surface area (TPSA) is 78.4 Å². The summed E-state index contributed by atoms with van der Waals surface area (Å²) in [6.45, 7) is 7.28. The Morgan fingerprint density at radius 3 is 2.40 bits per heavy atom. The van der Waals surface area contributed by atoms with E-state index in [4.69, 9.17) is 5.11 Å². The minimum atomic E-state index is -1.27. The van der Waals surface area contributed by atoms with Crippen molar-refractivity contribution >= 4 is 17.7 Å². The van der Waals surface area contributed by atoms with Gasteiger partial charge in [0, 0.05) is 5.69 Å². The van der Waals surface area contributed by atoms with Crippen molar-refractivity contribution < 1.29 is 14.7 Å². The monoisotopic (exact) mass is 278 g/mol. The predicted octanol–water partition coefficient (Wildman–Crippen LogP) is 3.18. The highest BCUT2D eigenvalue weighted by atomic mass is 16.4. The summed E-state index contributed by atoms with van der Waals surface area (Å²) in [7, 11) is 0. The molecule has 0 spiro atoms. The Morgan fingerprint density at radius 1 is 1.30 bits per heavy atom. The number of rotatable bonds is 5. The van der Waals surface area contributed by atoms with E-state index in [1.54, 1.807) is 13.0 Å². The van der Waals surface area contributed by atoms with Crippen LogP contribution in [0, 0.1) is 0 Å². The van der Waals surface area contributed by atoms with Gasteiger partial charge in [0.25, 0.3) is 0 Å². The van der Waals surface area contributed by atoms with Gasteiger partial charge in [-0.05, 0) is 30.9 Å². The maximum Gasteiger partial charge on any atom is 0.329 e. The number of para-hydroxylation sites is 1. The third kappa shape index (κ3) is 3.73. The minimum absolute atomic E-state index is 0.267. The summed E-state index contributed by atoms with van der Waals surface area (Å²) in [4.78, 5) is 23.2. The smallest absolute Gasteiger partial charge is 0.329 e. The molecule has 2 amide bonds. The average molecular weight is 278 g/mol. The molecule has 1 atom stereocenters. The average Bonchev–Trinajstić information content (AvgIpc) is 2.38. The van der Waals surface area contributed by atoms with E-state index in [0.717, 1.165) is 5.56 Å². The van der Waals surface area contributed by atoms with Crippen LogP contribution in [0.15, 0.2) is 24.3 Å². The zero-order valence-corrected chi connectivity index (χ0v) is 12.4. The highest BCUT2D eigenvalue weighted by Crippen LogP contribution is 2.23. The number of urea groups is 1. The number of hydrogen-bond acceptors (Lipinski definition) is 2. The van der Waals surface area contributed by atoms with Crippen LogP contribution in [-0.2, 0) is 4.79 Å². The van der Waals surface area contributed by atoms with Crippen LogP contribution >= 0.6 is 0 Å². The van der Waals surface area contributed by atoms with Gasteiger partial charge in [0.1, 0.15) is 5.54 Å². The van der Waals surface area contributed by atoms with Crippen molar-refractivity contribution in [2.75, 3.05) is 5.32 Å². The largest absolute Gasteiger partial charge is 0.480 e. The fraction of sp³-hybridized carbons (Fsp3) is 0.467. The Balaban J connectivity index is 2.84. The molecule has 0 saturated heterocycles. The number of aliphatic carboxylic acids is 1. The molecule has 0 aromatic heterocycles. The highest BCUT2D eigenvalue weighted by Gasteiger charge is 2.32. The summed E-state index contributed by atoms with van der Waals surface area (Å²) in [5.41, 5.74) is 0.441. The van der Waals surface area contributed by atoms with Crippen molar-refractivity contribution in [1.82, 2.24) is 5.32 Å². The Bertz CT molecular complexity index is 500. The molecule has 0 aliphatic carbocycles. The van der Waals surface area contributed by atoms with Gasteiger partial charge in [0.15, 0.2) is 0 Å². The third-order valence-electron chi connectivity index (χ3n) is 3.40. The molecule has 0 radical (unpaired) electrons. The van der Waals surface area contributed by atoms with E-state index in [0.29, 0.717) is 12.1 Å². The van der Waals surface area contributed by atoms with Crippen molar-refractivity contribution in [3.8, 4) is 0 Å². The van der Waals surface area contributed by atoms with Crippen LogP contribution < -0.4 is 10.6 Å². The van der Waals surface area contributed by atoms with Crippen LogP contribution in [0.1, 0.15) is 45.6 Å². The molecular weight excluding hydrogens is 256 g/mol. The molecular formula is C15H22N2O3. The maximum atomic E-state index is 12.0. The van der Waals surface area contributed by atoms with Crippen molar-refractivity contribution in [1.29, 1.82) is 0 Å². The summed E-state index contributed by atoms with van der Waals surface area (Å²) >= 11 is 0. The molecule has 5 heteroatoms. The zero-order valence-electron chi connectivity index (χ0n) is 12.4. The molecule has 0 saturated carbocycles. The van der Waals surface area contributed by atoms with Gasteiger partial charge in [0.2, 0.25) is 0 Å². The quantitative estimate of drug-likeness (QED) is 0.774. The molecule has 0 bridgehead atoms. The number of hydrogen-bond donors (Lipinski definition) is 3. The normalized spacial score (nSPS) is 13.7. The first-order valence-electron chi connectivity index (χ1n) is 6.71. The molecule has 5 nitrogen and oxygen atoms in total. The molecule has 0 fully saturated rings. The summed E-state index contributed by atoms with van der Waals surface area (Å²) in [5, 5.41) is 14.4. The lowest BCUT2D eigenvalue weighted by atomic mass is 9.99. The maximum absolute atomic E-state index is 12.0. The van der Waals surface area contributed by atoms with Crippen molar-refractivity contribution in [3.63, 3.8) is 0 Å². The molecule has 0 aliphatic heterocycles. The molecule has 1 aromatic carbocycles. The molecule has 0 heterocycles. The van der Waals surface area contributed by atoms with E-state index in [1.807, 2.05) is 32.0 Å². The molecule has 1 aromatic rings. The lowest BCUT2D eigenvalue weighted by Crippen LogP contribution is -2.53. The molecule has 0 aliphatic rings. The molecule has 20 heavy (non-hydrogen) atoms. The van der Waals surface area contributed by atoms with Gasteiger partial charge in [0.05, 0.1) is 0 Å². The number of anilines is 1. The van der Waals surface area contributed by atoms with E-state index >= 15 is 0 Å². The van der Waals surface area contributed by atoms with Gasteiger partial charge in [-0.2, -0.15) is 0 Å².